The molecule has 1 amide bonds. The van der Waals surface area contributed by atoms with Crippen molar-refractivity contribution in [3.8, 4) is 11.1 Å². The van der Waals surface area contributed by atoms with Crippen molar-refractivity contribution < 1.29 is 9.21 Å². The van der Waals surface area contributed by atoms with Crippen molar-refractivity contribution in [2.45, 2.75) is 19.3 Å². The Hall–Kier alpha value is -1.78. The van der Waals surface area contributed by atoms with Crippen molar-refractivity contribution in [3.63, 3.8) is 0 Å². The van der Waals surface area contributed by atoms with Gasteiger partial charge in [-0.15, -0.1) is 12.4 Å². The Morgan fingerprint density at radius 3 is 2.50 bits per heavy atom. The van der Waals surface area contributed by atoms with E-state index in [0.717, 1.165) is 50.1 Å². The molecule has 0 atom stereocenters. The molecule has 4 nitrogen and oxygen atoms in total. The predicted molar refractivity (Wildman–Crippen MR) is 96.4 cm³/mol. The highest BCUT2D eigenvalue weighted by atomic mass is 35.5. The van der Waals surface area contributed by atoms with Crippen LogP contribution < -0.4 is 5.32 Å². The highest BCUT2D eigenvalue weighted by Gasteiger charge is 2.38. The van der Waals surface area contributed by atoms with Gasteiger partial charge in [0.25, 0.3) is 5.91 Å². The Kier molecular flexibility index (Phi) is 4.97. The summed E-state index contributed by atoms with van der Waals surface area (Å²) in [5, 5.41) is 3.46. The summed E-state index contributed by atoms with van der Waals surface area (Å²) in [7, 11) is 0. The molecule has 2 aliphatic rings. The van der Waals surface area contributed by atoms with E-state index < -0.39 is 0 Å². The minimum absolute atomic E-state index is 0. The van der Waals surface area contributed by atoms with Gasteiger partial charge in [0.15, 0.2) is 5.76 Å². The van der Waals surface area contributed by atoms with Crippen molar-refractivity contribution >= 4 is 18.3 Å². The number of nitrogens with zero attached hydrogens (tertiary/aromatic N) is 1. The maximum atomic E-state index is 12.9. The van der Waals surface area contributed by atoms with Gasteiger partial charge in [-0.05, 0) is 42.9 Å². The average Bonchev–Trinajstić information content (AvgIpc) is 3.26. The number of rotatable bonds is 2. The fourth-order valence-corrected chi connectivity index (χ4v) is 3.87. The first kappa shape index (κ1) is 17.1. The first-order chi connectivity index (χ1) is 11.3. The second-order valence-electron chi connectivity index (χ2n) is 6.75. The number of likely N-dealkylation sites (tertiary alicyclic amines) is 1. The van der Waals surface area contributed by atoms with Crippen LogP contribution in [0.5, 0.6) is 0 Å². The van der Waals surface area contributed by atoms with E-state index in [9.17, 15) is 4.79 Å². The Morgan fingerprint density at radius 1 is 1.08 bits per heavy atom. The molecule has 0 saturated carbocycles. The summed E-state index contributed by atoms with van der Waals surface area (Å²) in [6.45, 7) is 3.88. The first-order valence-corrected chi connectivity index (χ1v) is 8.40. The largest absolute Gasteiger partial charge is 0.459 e. The van der Waals surface area contributed by atoms with Gasteiger partial charge in [-0.3, -0.25) is 4.79 Å². The Morgan fingerprint density at radius 2 is 1.83 bits per heavy atom. The van der Waals surface area contributed by atoms with Gasteiger partial charge in [0.2, 0.25) is 0 Å². The Balaban J connectivity index is 0.00000169. The third-order valence-electron chi connectivity index (χ3n) is 5.39. The molecule has 1 aromatic carbocycles. The zero-order valence-electron chi connectivity index (χ0n) is 13.7. The molecular weight excluding hydrogens is 324 g/mol. The monoisotopic (exact) mass is 346 g/mol. The van der Waals surface area contributed by atoms with E-state index in [1.54, 1.807) is 6.26 Å². The quantitative estimate of drug-likeness (QED) is 0.904. The molecule has 4 rings (SSSR count). The summed E-state index contributed by atoms with van der Waals surface area (Å²) in [5.74, 6) is 0.492. The molecule has 2 saturated heterocycles. The van der Waals surface area contributed by atoms with Crippen LogP contribution in [0.25, 0.3) is 11.1 Å². The SMILES string of the molecule is Cl.O=C(c1occc1-c1ccccc1)N1CCC2(CCNC2)CC1. The number of piperidine rings is 1. The Labute approximate surface area is 148 Å². The van der Waals surface area contributed by atoms with Crippen LogP contribution in [0.2, 0.25) is 0 Å². The molecule has 24 heavy (non-hydrogen) atoms. The van der Waals surface area contributed by atoms with Crippen molar-refractivity contribution in [2.24, 2.45) is 5.41 Å². The zero-order valence-corrected chi connectivity index (χ0v) is 14.5. The molecule has 3 heterocycles. The Bertz CT molecular complexity index is 682. The second kappa shape index (κ2) is 6.99. The number of amides is 1. The van der Waals surface area contributed by atoms with Crippen molar-refractivity contribution in [2.75, 3.05) is 26.2 Å². The summed E-state index contributed by atoms with van der Waals surface area (Å²) in [4.78, 5) is 14.8. The highest BCUT2D eigenvalue weighted by Crippen LogP contribution is 2.37. The molecule has 0 unspecified atom stereocenters. The molecule has 2 aromatic rings. The number of halogens is 1. The molecule has 2 aliphatic heterocycles. The van der Waals surface area contributed by atoms with Gasteiger partial charge < -0.3 is 14.6 Å². The van der Waals surface area contributed by atoms with Gasteiger partial charge in [-0.25, -0.2) is 0 Å². The van der Waals surface area contributed by atoms with Crippen LogP contribution in [-0.4, -0.2) is 37.0 Å². The number of carbonyl (C=O) groups excluding carboxylic acids is 1. The van der Waals surface area contributed by atoms with Gasteiger partial charge in [0.1, 0.15) is 0 Å². The fraction of sp³-hybridized carbons (Fsp3) is 0.421. The predicted octanol–water partition coefficient (Wildman–Crippen LogP) is 3.58. The van der Waals surface area contributed by atoms with Crippen LogP contribution in [-0.2, 0) is 0 Å². The summed E-state index contributed by atoms with van der Waals surface area (Å²) < 4.78 is 5.55. The number of carbonyl (C=O) groups is 1. The third-order valence-corrected chi connectivity index (χ3v) is 5.39. The van der Waals surface area contributed by atoms with Crippen LogP contribution >= 0.6 is 12.4 Å². The van der Waals surface area contributed by atoms with Crippen molar-refractivity contribution in [3.05, 3.63) is 48.4 Å². The lowest BCUT2D eigenvalue weighted by atomic mass is 9.78. The molecular formula is C19H23ClN2O2. The number of hydrogen-bond donors (Lipinski definition) is 1. The molecule has 5 heteroatoms. The first-order valence-electron chi connectivity index (χ1n) is 8.40. The lowest BCUT2D eigenvalue weighted by Crippen LogP contribution is -2.44. The molecule has 1 aromatic heterocycles. The van der Waals surface area contributed by atoms with Gasteiger partial charge in [-0.1, -0.05) is 30.3 Å². The number of furan rings is 1. The molecule has 128 valence electrons. The van der Waals surface area contributed by atoms with E-state index in [-0.39, 0.29) is 18.3 Å². The van der Waals surface area contributed by atoms with Gasteiger partial charge in [0.05, 0.1) is 6.26 Å². The van der Waals surface area contributed by atoms with Crippen molar-refractivity contribution in [1.29, 1.82) is 0 Å². The topological polar surface area (TPSA) is 45.5 Å². The average molecular weight is 347 g/mol. The molecule has 0 radical (unpaired) electrons. The molecule has 2 fully saturated rings. The fourth-order valence-electron chi connectivity index (χ4n) is 3.87. The van der Waals surface area contributed by atoms with E-state index in [0.29, 0.717) is 11.2 Å². The molecule has 0 aliphatic carbocycles. The summed E-state index contributed by atoms with van der Waals surface area (Å²) in [6, 6.07) is 11.8. The molecule has 1 N–H and O–H groups in total. The van der Waals surface area contributed by atoms with E-state index in [1.807, 2.05) is 41.3 Å². The van der Waals surface area contributed by atoms with Gasteiger partial charge in [0, 0.05) is 25.2 Å². The van der Waals surface area contributed by atoms with E-state index >= 15 is 0 Å². The molecule has 1 spiro atoms. The van der Waals surface area contributed by atoms with Crippen LogP contribution in [0, 0.1) is 5.41 Å². The smallest absolute Gasteiger partial charge is 0.290 e. The number of benzene rings is 1. The summed E-state index contributed by atoms with van der Waals surface area (Å²) in [6.07, 6.45) is 5.03. The third kappa shape index (κ3) is 3.08. The number of hydrogen-bond acceptors (Lipinski definition) is 3. The normalized spacial score (nSPS) is 19.2. The minimum Gasteiger partial charge on any atom is -0.459 e. The van der Waals surface area contributed by atoms with Gasteiger partial charge in [-0.2, -0.15) is 0 Å². The van der Waals surface area contributed by atoms with E-state index in [4.69, 9.17) is 4.42 Å². The summed E-state index contributed by atoms with van der Waals surface area (Å²) >= 11 is 0. The van der Waals surface area contributed by atoms with Crippen molar-refractivity contribution in [1.82, 2.24) is 10.2 Å². The van der Waals surface area contributed by atoms with Gasteiger partial charge >= 0.3 is 0 Å². The highest BCUT2D eigenvalue weighted by molar-refractivity contribution is 5.98. The second-order valence-corrected chi connectivity index (χ2v) is 6.75. The standard InChI is InChI=1S/C19H22N2O2.ClH/c22-18(21-11-8-19(9-12-21)7-10-20-14-19)17-16(6-13-23-17)15-4-2-1-3-5-15;/h1-6,13,20H,7-12,14H2;1H. The number of nitrogens with one attached hydrogen (secondary N) is 1. The maximum Gasteiger partial charge on any atom is 0.290 e. The van der Waals surface area contributed by atoms with Crippen LogP contribution in [0.1, 0.15) is 29.8 Å². The van der Waals surface area contributed by atoms with Crippen LogP contribution in [0.4, 0.5) is 0 Å². The van der Waals surface area contributed by atoms with E-state index in [2.05, 4.69) is 5.32 Å². The minimum atomic E-state index is 0. The molecule has 0 bridgehead atoms. The summed E-state index contributed by atoms with van der Waals surface area (Å²) in [5.41, 5.74) is 2.33. The maximum absolute atomic E-state index is 12.9. The lowest BCUT2D eigenvalue weighted by molar-refractivity contribution is 0.0578. The zero-order chi connectivity index (χ0) is 15.7. The van der Waals surface area contributed by atoms with E-state index in [1.165, 1.54) is 6.42 Å². The lowest BCUT2D eigenvalue weighted by Gasteiger charge is -2.38. The van der Waals surface area contributed by atoms with Crippen LogP contribution in [0.15, 0.2) is 47.1 Å². The van der Waals surface area contributed by atoms with Crippen LogP contribution in [0.3, 0.4) is 0 Å².